The molecule has 1 aromatic heterocycles. The first-order valence-electron chi connectivity index (χ1n) is 10.3. The highest BCUT2D eigenvalue weighted by atomic mass is 16.4. The number of benzene rings is 1. The minimum atomic E-state index is -1.21. The van der Waals surface area contributed by atoms with Gasteiger partial charge in [-0.05, 0) is 30.0 Å². The summed E-state index contributed by atoms with van der Waals surface area (Å²) in [6, 6.07) is 8.84. The molecule has 0 fully saturated rings. The molecule has 32 heavy (non-hydrogen) atoms. The molecular formula is C22H30N6O4. The van der Waals surface area contributed by atoms with Gasteiger partial charge >= 0.3 is 5.97 Å². The summed E-state index contributed by atoms with van der Waals surface area (Å²) in [5.41, 5.74) is 19.0. The number of aliphatic carboxylic acids is 1. The Morgan fingerprint density at radius 2 is 1.56 bits per heavy atom. The molecule has 0 spiro atoms. The van der Waals surface area contributed by atoms with E-state index in [0.717, 1.165) is 5.56 Å². The summed E-state index contributed by atoms with van der Waals surface area (Å²) in [4.78, 5) is 41.1. The Morgan fingerprint density at radius 3 is 2.16 bits per heavy atom. The van der Waals surface area contributed by atoms with Gasteiger partial charge in [0.2, 0.25) is 11.8 Å². The van der Waals surface area contributed by atoms with Crippen molar-refractivity contribution in [3.05, 3.63) is 66.0 Å². The third kappa shape index (κ3) is 8.06. The average molecular weight is 443 g/mol. The Balaban J connectivity index is 2.07. The normalized spacial score (nSPS) is 14.6. The molecule has 10 heteroatoms. The molecule has 0 bridgehead atoms. The topological polar surface area (TPSA) is 186 Å². The van der Waals surface area contributed by atoms with Gasteiger partial charge in [0.15, 0.2) is 0 Å². The van der Waals surface area contributed by atoms with Crippen molar-refractivity contribution in [1.82, 2.24) is 15.6 Å². The predicted molar refractivity (Wildman–Crippen MR) is 119 cm³/mol. The van der Waals surface area contributed by atoms with Gasteiger partial charge in [-0.25, -0.2) is 4.79 Å². The van der Waals surface area contributed by atoms with Gasteiger partial charge in [0, 0.05) is 31.4 Å². The molecule has 1 aromatic carbocycles. The summed E-state index contributed by atoms with van der Waals surface area (Å²) in [5, 5.41) is 14.6. The van der Waals surface area contributed by atoms with Crippen LogP contribution < -0.4 is 27.8 Å². The Morgan fingerprint density at radius 1 is 0.906 bits per heavy atom. The predicted octanol–water partition coefficient (Wildman–Crippen LogP) is -1.08. The van der Waals surface area contributed by atoms with Crippen LogP contribution in [0.1, 0.15) is 17.5 Å². The van der Waals surface area contributed by atoms with E-state index in [4.69, 9.17) is 17.2 Å². The molecule has 172 valence electrons. The molecule has 4 atom stereocenters. The third-order valence-electron chi connectivity index (χ3n) is 4.89. The van der Waals surface area contributed by atoms with Crippen LogP contribution in [-0.2, 0) is 27.2 Å². The van der Waals surface area contributed by atoms with Crippen molar-refractivity contribution in [3.8, 4) is 0 Å². The summed E-state index contributed by atoms with van der Waals surface area (Å²) >= 11 is 0. The summed E-state index contributed by atoms with van der Waals surface area (Å²) in [6.07, 6.45) is 3.44. The van der Waals surface area contributed by atoms with Gasteiger partial charge in [-0.2, -0.15) is 0 Å². The summed E-state index contributed by atoms with van der Waals surface area (Å²) in [7, 11) is 0. The molecule has 0 aliphatic heterocycles. The molecule has 0 aliphatic rings. The van der Waals surface area contributed by atoms with Gasteiger partial charge < -0.3 is 32.9 Å². The van der Waals surface area contributed by atoms with Crippen molar-refractivity contribution in [2.75, 3.05) is 6.54 Å². The monoisotopic (exact) mass is 442 g/mol. The van der Waals surface area contributed by atoms with Crippen molar-refractivity contribution in [3.63, 3.8) is 0 Å². The fourth-order valence-corrected chi connectivity index (χ4v) is 3.10. The number of nitrogens with two attached hydrogens (primary N) is 3. The van der Waals surface area contributed by atoms with Gasteiger partial charge in [-0.15, -0.1) is 0 Å². The van der Waals surface area contributed by atoms with Crippen molar-refractivity contribution >= 4 is 17.8 Å². The number of hydrogen-bond acceptors (Lipinski definition) is 7. The number of nitrogens with zero attached hydrogens (tertiary/aromatic N) is 1. The molecule has 1 heterocycles. The van der Waals surface area contributed by atoms with Gasteiger partial charge in [-0.1, -0.05) is 36.4 Å². The summed E-state index contributed by atoms with van der Waals surface area (Å²) in [5.74, 6) is -2.43. The molecule has 2 rings (SSSR count). The van der Waals surface area contributed by atoms with Gasteiger partial charge in [0.25, 0.3) is 0 Å². The lowest BCUT2D eigenvalue weighted by molar-refractivity contribution is -0.142. The molecule has 1 unspecified atom stereocenters. The van der Waals surface area contributed by atoms with Gasteiger partial charge in [0.1, 0.15) is 12.1 Å². The lowest BCUT2D eigenvalue weighted by Crippen LogP contribution is -2.56. The number of hydrogen-bond donors (Lipinski definition) is 6. The van der Waals surface area contributed by atoms with Crippen LogP contribution in [0.5, 0.6) is 0 Å². The Kier molecular flexibility index (Phi) is 9.74. The number of aromatic nitrogens is 1. The number of pyridine rings is 1. The molecule has 10 nitrogen and oxygen atoms in total. The molecular weight excluding hydrogens is 412 g/mol. The maximum absolute atomic E-state index is 12.9. The molecule has 0 saturated heterocycles. The SMILES string of the molecule is NCC(N)C[C@H](NC(=O)[C@@H](N)Cc1ccccc1)C(=O)N[C@@H](Cc1cccnc1)C(=O)O. The molecule has 9 N–H and O–H groups in total. The second kappa shape index (κ2) is 12.5. The van der Waals surface area contributed by atoms with E-state index in [1.807, 2.05) is 30.3 Å². The zero-order valence-corrected chi connectivity index (χ0v) is 17.7. The van der Waals surface area contributed by atoms with E-state index in [1.165, 1.54) is 6.20 Å². The van der Waals surface area contributed by atoms with Crippen LogP contribution in [0.2, 0.25) is 0 Å². The number of carboxylic acids is 1. The van der Waals surface area contributed by atoms with Crippen LogP contribution in [-0.4, -0.2) is 58.6 Å². The van der Waals surface area contributed by atoms with Crippen LogP contribution in [0.4, 0.5) is 0 Å². The van der Waals surface area contributed by atoms with Crippen LogP contribution in [0.25, 0.3) is 0 Å². The van der Waals surface area contributed by atoms with E-state index >= 15 is 0 Å². The van der Waals surface area contributed by atoms with Crippen LogP contribution in [0.15, 0.2) is 54.9 Å². The van der Waals surface area contributed by atoms with Crippen LogP contribution >= 0.6 is 0 Å². The number of carbonyl (C=O) groups excluding carboxylic acids is 2. The molecule has 0 saturated carbocycles. The van der Waals surface area contributed by atoms with Gasteiger partial charge in [0.05, 0.1) is 6.04 Å². The van der Waals surface area contributed by atoms with E-state index < -0.39 is 42.0 Å². The first kappa shape index (κ1) is 24.9. The number of amides is 2. The lowest BCUT2D eigenvalue weighted by atomic mass is 10.0. The lowest BCUT2D eigenvalue weighted by Gasteiger charge is -2.24. The van der Waals surface area contributed by atoms with E-state index in [-0.39, 0.29) is 25.8 Å². The first-order valence-corrected chi connectivity index (χ1v) is 10.3. The Bertz CT molecular complexity index is 881. The highest BCUT2D eigenvalue weighted by Gasteiger charge is 2.29. The zero-order chi connectivity index (χ0) is 23.5. The van der Waals surface area contributed by atoms with E-state index in [2.05, 4.69) is 15.6 Å². The van der Waals surface area contributed by atoms with E-state index in [1.54, 1.807) is 18.3 Å². The number of carboxylic acid groups (broad SMARTS) is 1. The average Bonchev–Trinajstić information content (AvgIpc) is 2.79. The maximum Gasteiger partial charge on any atom is 0.326 e. The Hall–Kier alpha value is -3.34. The Labute approximate surface area is 186 Å². The standard InChI is InChI=1S/C22H30N6O4/c23-12-16(24)11-18(27-20(29)17(25)9-14-5-2-1-3-6-14)21(30)28-19(22(31)32)10-15-7-4-8-26-13-15/h1-8,13,16-19H,9-12,23-25H2,(H,27,29)(H,28,30)(H,31,32)/t16?,17-,18-,19-/m0/s1. The van der Waals surface area contributed by atoms with Gasteiger partial charge in [-0.3, -0.25) is 14.6 Å². The zero-order valence-electron chi connectivity index (χ0n) is 17.7. The smallest absolute Gasteiger partial charge is 0.326 e. The fourth-order valence-electron chi connectivity index (χ4n) is 3.10. The van der Waals surface area contributed by atoms with E-state index in [0.29, 0.717) is 5.56 Å². The minimum Gasteiger partial charge on any atom is -0.480 e. The second-order valence-electron chi connectivity index (χ2n) is 7.55. The minimum absolute atomic E-state index is 0.0331. The molecule has 0 aliphatic carbocycles. The number of rotatable bonds is 12. The second-order valence-corrected chi connectivity index (χ2v) is 7.55. The van der Waals surface area contributed by atoms with Crippen molar-refractivity contribution in [2.24, 2.45) is 17.2 Å². The molecule has 0 radical (unpaired) electrons. The molecule has 2 aromatic rings. The fraction of sp³-hybridized carbons (Fsp3) is 0.364. The highest BCUT2D eigenvalue weighted by Crippen LogP contribution is 2.06. The highest BCUT2D eigenvalue weighted by molar-refractivity contribution is 5.92. The molecule has 2 amide bonds. The summed E-state index contributed by atoms with van der Waals surface area (Å²) < 4.78 is 0. The van der Waals surface area contributed by atoms with E-state index in [9.17, 15) is 19.5 Å². The first-order chi connectivity index (χ1) is 15.3. The van der Waals surface area contributed by atoms with Crippen molar-refractivity contribution < 1.29 is 19.5 Å². The van der Waals surface area contributed by atoms with Crippen LogP contribution in [0, 0.1) is 0 Å². The quantitative estimate of drug-likeness (QED) is 0.239. The third-order valence-corrected chi connectivity index (χ3v) is 4.89. The van der Waals surface area contributed by atoms with Crippen LogP contribution in [0.3, 0.4) is 0 Å². The largest absolute Gasteiger partial charge is 0.480 e. The van der Waals surface area contributed by atoms with Crippen molar-refractivity contribution in [1.29, 1.82) is 0 Å². The maximum atomic E-state index is 12.9. The summed E-state index contributed by atoms with van der Waals surface area (Å²) in [6.45, 7) is 0.0910. The van der Waals surface area contributed by atoms with Crippen molar-refractivity contribution in [2.45, 2.75) is 43.4 Å². The number of carbonyl (C=O) groups is 3. The number of nitrogens with one attached hydrogen (secondary N) is 2.